The molecule has 0 heterocycles. The van der Waals surface area contributed by atoms with Crippen molar-refractivity contribution in [2.24, 2.45) is 5.73 Å². The van der Waals surface area contributed by atoms with E-state index in [9.17, 15) is 14.4 Å². The van der Waals surface area contributed by atoms with Crippen molar-refractivity contribution in [1.29, 1.82) is 0 Å². The van der Waals surface area contributed by atoms with Gasteiger partial charge in [-0.25, -0.2) is 14.5 Å². The smallest absolute Gasteiger partial charge is 0.417 e. The summed E-state index contributed by atoms with van der Waals surface area (Å²) in [5.41, 5.74) is 5.33. The molecule has 0 unspecified atom stereocenters. The van der Waals surface area contributed by atoms with Gasteiger partial charge in [0, 0.05) is 0 Å². The van der Waals surface area contributed by atoms with Crippen LogP contribution < -0.4 is 5.73 Å². The highest BCUT2D eigenvalue weighted by Crippen LogP contribution is 2.05. The predicted octanol–water partition coefficient (Wildman–Crippen LogP) is -0.0421. The van der Waals surface area contributed by atoms with Gasteiger partial charge in [0.25, 0.3) is 0 Å². The molecule has 96 valence electrons. The minimum absolute atomic E-state index is 0.117. The second-order valence-electron chi connectivity index (χ2n) is 3.38. The number of rotatable bonds is 5. The predicted molar refractivity (Wildman–Crippen MR) is 59.1 cm³/mol. The molecule has 7 nitrogen and oxygen atoms in total. The molecule has 0 aromatic heterocycles. The van der Waals surface area contributed by atoms with Crippen LogP contribution in [0.3, 0.4) is 0 Å². The average Bonchev–Trinajstić information content (AvgIpc) is 2.25. The number of amides is 2. The highest BCUT2D eigenvalue weighted by atomic mass is 16.6. The van der Waals surface area contributed by atoms with Crippen molar-refractivity contribution in [2.45, 2.75) is 25.9 Å². The summed E-state index contributed by atoms with van der Waals surface area (Å²) >= 11 is 0. The van der Waals surface area contributed by atoms with Gasteiger partial charge >= 0.3 is 12.1 Å². The molecule has 0 aliphatic carbocycles. The topological polar surface area (TPSA) is 110 Å². The van der Waals surface area contributed by atoms with Crippen LogP contribution in [0.2, 0.25) is 0 Å². The minimum atomic E-state index is -1.34. The lowest BCUT2D eigenvalue weighted by molar-refractivity contribution is -0.148. The summed E-state index contributed by atoms with van der Waals surface area (Å²) in [4.78, 5) is 34.4. The summed E-state index contributed by atoms with van der Waals surface area (Å²) in [5, 5.41) is 8.79. The first-order chi connectivity index (χ1) is 7.82. The summed E-state index contributed by atoms with van der Waals surface area (Å²) in [6.45, 7) is 5.76. The van der Waals surface area contributed by atoms with Crippen molar-refractivity contribution in [3.05, 3.63) is 12.7 Å². The molecule has 0 aromatic rings. The molecule has 0 saturated heterocycles. The molecule has 0 saturated carbocycles. The van der Waals surface area contributed by atoms with E-state index < -0.39 is 30.1 Å². The fourth-order valence-corrected chi connectivity index (χ4v) is 0.969. The summed E-state index contributed by atoms with van der Waals surface area (Å²) < 4.78 is 4.63. The molecule has 0 aliphatic heterocycles. The molecule has 0 bridgehead atoms. The van der Waals surface area contributed by atoms with Crippen molar-refractivity contribution in [3.63, 3.8) is 0 Å². The summed E-state index contributed by atoms with van der Waals surface area (Å²) in [5.74, 6) is -2.14. The van der Waals surface area contributed by atoms with Gasteiger partial charge in [0.15, 0.2) is 0 Å². The van der Waals surface area contributed by atoms with Crippen molar-refractivity contribution in [2.75, 3.05) is 6.61 Å². The summed E-state index contributed by atoms with van der Waals surface area (Å²) in [6, 6.07) is -2.33. The van der Waals surface area contributed by atoms with Gasteiger partial charge in [0.05, 0.1) is 6.04 Å². The maximum atomic E-state index is 11.6. The van der Waals surface area contributed by atoms with Gasteiger partial charge in [-0.3, -0.25) is 4.79 Å². The van der Waals surface area contributed by atoms with Gasteiger partial charge in [0.2, 0.25) is 5.91 Å². The van der Waals surface area contributed by atoms with Crippen LogP contribution in [0.15, 0.2) is 12.7 Å². The first-order valence-corrected chi connectivity index (χ1v) is 4.92. The Labute approximate surface area is 98.8 Å². The highest BCUT2D eigenvalue weighted by molar-refractivity contribution is 5.98. The largest absolute Gasteiger partial charge is 0.480 e. The zero-order valence-electron chi connectivity index (χ0n) is 9.75. The van der Waals surface area contributed by atoms with Gasteiger partial charge in [-0.1, -0.05) is 12.7 Å². The van der Waals surface area contributed by atoms with Crippen molar-refractivity contribution >= 4 is 18.0 Å². The third-order valence-electron chi connectivity index (χ3n) is 1.89. The third-order valence-corrected chi connectivity index (χ3v) is 1.89. The van der Waals surface area contributed by atoms with E-state index in [-0.39, 0.29) is 6.61 Å². The number of hydrogen-bond donors (Lipinski definition) is 2. The Kier molecular flexibility index (Phi) is 5.90. The molecule has 0 rings (SSSR count). The molecule has 17 heavy (non-hydrogen) atoms. The van der Waals surface area contributed by atoms with Crippen LogP contribution in [0.25, 0.3) is 0 Å². The number of carboxylic acid groups (broad SMARTS) is 1. The lowest BCUT2D eigenvalue weighted by Crippen LogP contribution is -2.52. The van der Waals surface area contributed by atoms with Crippen LogP contribution in [0.1, 0.15) is 13.8 Å². The number of imide groups is 1. The molecule has 2 amide bonds. The van der Waals surface area contributed by atoms with Gasteiger partial charge < -0.3 is 15.6 Å². The Bertz CT molecular complexity index is 327. The van der Waals surface area contributed by atoms with Crippen molar-refractivity contribution < 1.29 is 24.2 Å². The van der Waals surface area contributed by atoms with Crippen molar-refractivity contribution in [1.82, 2.24) is 4.90 Å². The number of carbonyl (C=O) groups excluding carboxylic acids is 2. The van der Waals surface area contributed by atoms with Crippen LogP contribution in [0.4, 0.5) is 4.79 Å². The number of carbonyl (C=O) groups is 3. The molecule has 0 aliphatic rings. The van der Waals surface area contributed by atoms with E-state index in [1.54, 1.807) is 0 Å². The van der Waals surface area contributed by atoms with Crippen LogP contribution in [0.5, 0.6) is 0 Å². The third kappa shape index (κ3) is 4.23. The fourth-order valence-electron chi connectivity index (χ4n) is 0.969. The molecular weight excluding hydrogens is 228 g/mol. The van der Waals surface area contributed by atoms with Crippen LogP contribution >= 0.6 is 0 Å². The molecule has 3 N–H and O–H groups in total. The number of aliphatic carboxylic acids is 1. The lowest BCUT2D eigenvalue weighted by Gasteiger charge is -2.25. The Balaban J connectivity index is 4.97. The minimum Gasteiger partial charge on any atom is -0.480 e. The number of nitrogens with two attached hydrogens (primary N) is 1. The first kappa shape index (κ1) is 15.1. The number of ether oxygens (including phenoxy) is 1. The number of hydrogen-bond acceptors (Lipinski definition) is 5. The van der Waals surface area contributed by atoms with E-state index in [0.717, 1.165) is 0 Å². The molecule has 0 fully saturated rings. The normalized spacial score (nSPS) is 13.4. The summed E-state index contributed by atoms with van der Waals surface area (Å²) in [6.07, 6.45) is 0.250. The highest BCUT2D eigenvalue weighted by Gasteiger charge is 2.34. The van der Waals surface area contributed by atoms with Crippen molar-refractivity contribution in [3.8, 4) is 0 Å². The maximum absolute atomic E-state index is 11.6. The van der Waals surface area contributed by atoms with Gasteiger partial charge in [0.1, 0.15) is 12.6 Å². The van der Waals surface area contributed by atoms with E-state index in [1.165, 1.54) is 19.9 Å². The maximum Gasteiger partial charge on any atom is 0.417 e. The van der Waals surface area contributed by atoms with E-state index >= 15 is 0 Å². The van der Waals surface area contributed by atoms with E-state index in [0.29, 0.717) is 4.90 Å². The Morgan fingerprint density at radius 1 is 1.47 bits per heavy atom. The second kappa shape index (κ2) is 6.64. The van der Waals surface area contributed by atoms with E-state index in [1.807, 2.05) is 0 Å². The van der Waals surface area contributed by atoms with Gasteiger partial charge in [-0.15, -0.1) is 0 Å². The zero-order chi connectivity index (χ0) is 13.6. The second-order valence-corrected chi connectivity index (χ2v) is 3.38. The zero-order valence-corrected chi connectivity index (χ0v) is 9.75. The van der Waals surface area contributed by atoms with Gasteiger partial charge in [-0.2, -0.15) is 0 Å². The SMILES string of the molecule is C=CCOC(=O)N(C(=O)[C@@H](C)N)[C@H](C)C(=O)O. The van der Waals surface area contributed by atoms with Gasteiger partial charge in [-0.05, 0) is 13.8 Å². The van der Waals surface area contributed by atoms with Crippen LogP contribution in [-0.4, -0.2) is 46.7 Å². The average molecular weight is 244 g/mol. The number of nitrogens with zero attached hydrogens (tertiary/aromatic N) is 1. The molecular formula is C10H16N2O5. The Morgan fingerprint density at radius 3 is 2.35 bits per heavy atom. The summed E-state index contributed by atoms with van der Waals surface area (Å²) in [7, 11) is 0. The fraction of sp³-hybridized carbons (Fsp3) is 0.500. The Hall–Kier alpha value is -1.89. The quantitative estimate of drug-likeness (QED) is 0.656. The molecule has 0 spiro atoms. The molecule has 0 radical (unpaired) electrons. The molecule has 7 heteroatoms. The lowest BCUT2D eigenvalue weighted by atomic mass is 10.2. The van der Waals surface area contributed by atoms with Crippen LogP contribution in [0, 0.1) is 0 Å². The monoisotopic (exact) mass is 244 g/mol. The standard InChI is InChI=1S/C10H16N2O5/c1-4-5-17-10(16)12(7(3)9(14)15)8(13)6(2)11/h4,6-7H,1,5,11H2,2-3H3,(H,14,15)/t6-,7-/m1/s1. The number of carboxylic acids is 1. The molecule has 0 aromatic carbocycles. The molecule has 2 atom stereocenters. The van der Waals surface area contributed by atoms with E-state index in [2.05, 4.69) is 11.3 Å². The van der Waals surface area contributed by atoms with E-state index in [4.69, 9.17) is 10.8 Å². The Morgan fingerprint density at radius 2 is 2.00 bits per heavy atom. The first-order valence-electron chi connectivity index (χ1n) is 4.92. The van der Waals surface area contributed by atoms with Crippen LogP contribution in [-0.2, 0) is 14.3 Å².